The first-order valence-electron chi connectivity index (χ1n) is 15.7. The Morgan fingerprint density at radius 3 is 0.771 bits per heavy atom. The predicted octanol–water partition coefficient (Wildman–Crippen LogP) is 3.88. The quantitative estimate of drug-likeness (QED) is 0.239. The number of nitrogens with one attached hydrogen (secondary N) is 4. The maximum absolute atomic E-state index is 4.78. The molecule has 8 bridgehead atoms. The SMILES string of the molecule is c1ccc(C2=c3ccc([nH]3)=C(c3ccccn3)c3ccc([nH]3)C(c3ccccn3)=c3ccc([nH]3)=C(c3ccccn3)c3ccc2[nH]3)nc1. The summed E-state index contributed by atoms with van der Waals surface area (Å²) in [5.41, 5.74) is 10.9. The fraction of sp³-hybridized carbons (Fsp3) is 0. The van der Waals surface area contributed by atoms with Gasteiger partial charge in [-0.3, -0.25) is 19.9 Å². The zero-order chi connectivity index (χ0) is 31.9. The highest BCUT2D eigenvalue weighted by Crippen LogP contribution is 2.26. The van der Waals surface area contributed by atoms with Crippen molar-refractivity contribution in [1.29, 1.82) is 0 Å². The van der Waals surface area contributed by atoms with Gasteiger partial charge in [-0.15, -0.1) is 0 Å². The van der Waals surface area contributed by atoms with Crippen LogP contribution in [0.4, 0.5) is 0 Å². The molecule has 0 atom stereocenters. The van der Waals surface area contributed by atoms with Crippen molar-refractivity contribution in [2.45, 2.75) is 0 Å². The molecule has 0 unspecified atom stereocenters. The molecule has 9 heterocycles. The first-order valence-corrected chi connectivity index (χ1v) is 15.7. The van der Waals surface area contributed by atoms with Crippen molar-refractivity contribution in [3.05, 3.63) is 213 Å². The van der Waals surface area contributed by atoms with Gasteiger partial charge in [0.15, 0.2) is 0 Å². The van der Waals surface area contributed by atoms with E-state index in [9.17, 15) is 0 Å². The molecule has 48 heavy (non-hydrogen) atoms. The summed E-state index contributed by atoms with van der Waals surface area (Å²) in [6.07, 6.45) is 7.29. The molecule has 0 aliphatic carbocycles. The van der Waals surface area contributed by atoms with Gasteiger partial charge >= 0.3 is 0 Å². The molecule has 1 aliphatic rings. The second-order valence-electron chi connectivity index (χ2n) is 11.5. The molecule has 0 spiro atoms. The van der Waals surface area contributed by atoms with Crippen molar-refractivity contribution in [1.82, 2.24) is 39.9 Å². The molecule has 9 rings (SSSR count). The minimum atomic E-state index is 0.845. The summed E-state index contributed by atoms with van der Waals surface area (Å²) in [6, 6.07) is 40.8. The molecule has 0 aromatic carbocycles. The molecule has 8 heteroatoms. The van der Waals surface area contributed by atoms with Crippen LogP contribution >= 0.6 is 0 Å². The van der Waals surface area contributed by atoms with Crippen LogP contribution in [0.25, 0.3) is 22.3 Å². The molecule has 8 aromatic heterocycles. The van der Waals surface area contributed by atoms with Crippen LogP contribution < -0.4 is 21.4 Å². The summed E-state index contributed by atoms with van der Waals surface area (Å²) in [6.45, 7) is 0. The number of pyridine rings is 4. The molecule has 8 nitrogen and oxygen atoms in total. The van der Waals surface area contributed by atoms with Gasteiger partial charge in [0.2, 0.25) is 0 Å². The highest BCUT2D eigenvalue weighted by atomic mass is 14.8. The number of hydrogen-bond donors (Lipinski definition) is 4. The van der Waals surface area contributed by atoms with E-state index in [2.05, 4.69) is 68.5 Å². The molecule has 0 fully saturated rings. The Kier molecular flexibility index (Phi) is 6.61. The van der Waals surface area contributed by atoms with E-state index in [1.165, 1.54) is 0 Å². The summed E-state index contributed by atoms with van der Waals surface area (Å²) in [5.74, 6) is 0. The van der Waals surface area contributed by atoms with Crippen molar-refractivity contribution >= 4 is 22.3 Å². The van der Waals surface area contributed by atoms with Gasteiger partial charge in [0.1, 0.15) is 0 Å². The third kappa shape index (κ3) is 4.80. The number of hydrogen-bond acceptors (Lipinski definition) is 4. The van der Waals surface area contributed by atoms with Gasteiger partial charge in [0.25, 0.3) is 0 Å². The summed E-state index contributed by atoms with van der Waals surface area (Å²) < 4.78 is 0. The van der Waals surface area contributed by atoms with Gasteiger partial charge in [0.05, 0.1) is 66.9 Å². The second-order valence-corrected chi connectivity index (χ2v) is 11.5. The van der Waals surface area contributed by atoms with Gasteiger partial charge in [-0.25, -0.2) is 0 Å². The molecule has 0 saturated carbocycles. The average Bonchev–Trinajstić information content (AvgIpc) is 3.98. The average molecular weight is 621 g/mol. The zero-order valence-corrected chi connectivity index (χ0v) is 25.6. The van der Waals surface area contributed by atoms with E-state index in [-0.39, 0.29) is 0 Å². The second kappa shape index (κ2) is 11.5. The molecule has 0 amide bonds. The van der Waals surface area contributed by atoms with Crippen LogP contribution in [0.15, 0.2) is 146 Å². The van der Waals surface area contributed by atoms with E-state index in [0.717, 1.165) is 89.2 Å². The molecular formula is C40H28N8. The van der Waals surface area contributed by atoms with Gasteiger partial charge < -0.3 is 19.9 Å². The molecule has 0 saturated heterocycles. The zero-order valence-electron chi connectivity index (χ0n) is 25.6. The highest BCUT2D eigenvalue weighted by molar-refractivity contribution is 5.82. The van der Waals surface area contributed by atoms with Crippen molar-refractivity contribution in [3.63, 3.8) is 0 Å². The third-order valence-corrected chi connectivity index (χ3v) is 8.58. The Morgan fingerprint density at radius 1 is 0.271 bits per heavy atom. The van der Waals surface area contributed by atoms with Crippen molar-refractivity contribution in [2.24, 2.45) is 0 Å². The number of aromatic amines is 4. The van der Waals surface area contributed by atoms with E-state index in [1.54, 1.807) is 0 Å². The molecule has 228 valence electrons. The number of rotatable bonds is 4. The largest absolute Gasteiger partial charge is 0.354 e. The smallest absolute Gasteiger partial charge is 0.0743 e. The highest BCUT2D eigenvalue weighted by Gasteiger charge is 2.19. The van der Waals surface area contributed by atoms with Gasteiger partial charge in [-0.05, 0) is 97.1 Å². The van der Waals surface area contributed by atoms with Crippen LogP contribution in [0.2, 0.25) is 0 Å². The van der Waals surface area contributed by atoms with E-state index < -0.39 is 0 Å². The van der Waals surface area contributed by atoms with Crippen LogP contribution in [0.5, 0.6) is 0 Å². The molecule has 0 radical (unpaired) electrons. The topological polar surface area (TPSA) is 115 Å². The Balaban J connectivity index is 1.44. The monoisotopic (exact) mass is 620 g/mol. The first-order chi connectivity index (χ1) is 23.8. The summed E-state index contributed by atoms with van der Waals surface area (Å²) in [4.78, 5) is 34.1. The number of H-pyrrole nitrogens is 4. The lowest BCUT2D eigenvalue weighted by Crippen LogP contribution is -2.19. The van der Waals surface area contributed by atoms with Crippen LogP contribution in [-0.4, -0.2) is 39.9 Å². The van der Waals surface area contributed by atoms with Crippen LogP contribution in [0.3, 0.4) is 0 Å². The van der Waals surface area contributed by atoms with Crippen molar-refractivity contribution in [2.75, 3.05) is 0 Å². The van der Waals surface area contributed by atoms with E-state index >= 15 is 0 Å². The molecule has 1 aliphatic heterocycles. The maximum atomic E-state index is 4.78. The number of fused-ring (bicyclic) bond motifs is 8. The lowest BCUT2D eigenvalue weighted by Gasteiger charge is -2.08. The predicted molar refractivity (Wildman–Crippen MR) is 185 cm³/mol. The van der Waals surface area contributed by atoms with E-state index in [0.29, 0.717) is 0 Å². The fourth-order valence-electron chi connectivity index (χ4n) is 6.47. The Bertz CT molecular complexity index is 2280. The minimum Gasteiger partial charge on any atom is -0.354 e. The summed E-state index contributed by atoms with van der Waals surface area (Å²) >= 11 is 0. The van der Waals surface area contributed by atoms with E-state index in [1.807, 2.05) is 97.6 Å². The van der Waals surface area contributed by atoms with Crippen LogP contribution in [-0.2, 0) is 0 Å². The van der Waals surface area contributed by atoms with Gasteiger partial charge in [-0.2, -0.15) is 0 Å². The fourth-order valence-corrected chi connectivity index (χ4v) is 6.47. The van der Waals surface area contributed by atoms with Gasteiger partial charge in [0, 0.05) is 47.1 Å². The molecule has 4 N–H and O–H groups in total. The normalized spacial score (nSPS) is 12.8. The Morgan fingerprint density at radius 2 is 0.542 bits per heavy atom. The van der Waals surface area contributed by atoms with Crippen LogP contribution in [0, 0.1) is 0 Å². The van der Waals surface area contributed by atoms with E-state index in [4.69, 9.17) is 19.9 Å². The Labute approximate surface area is 274 Å². The van der Waals surface area contributed by atoms with Gasteiger partial charge in [-0.1, -0.05) is 24.3 Å². The van der Waals surface area contributed by atoms with Crippen molar-refractivity contribution in [3.8, 4) is 0 Å². The number of nitrogens with zero attached hydrogens (tertiary/aromatic N) is 4. The number of aromatic nitrogens is 8. The lowest BCUT2D eigenvalue weighted by atomic mass is 10.1. The Hall–Kier alpha value is -6.80. The first kappa shape index (κ1) is 27.5. The minimum absolute atomic E-state index is 0.845. The summed E-state index contributed by atoms with van der Waals surface area (Å²) in [5, 5.41) is 3.69. The van der Waals surface area contributed by atoms with Crippen LogP contribution in [0.1, 0.15) is 45.6 Å². The molecular weight excluding hydrogens is 592 g/mol. The lowest BCUT2D eigenvalue weighted by molar-refractivity contribution is 1.15. The third-order valence-electron chi connectivity index (χ3n) is 8.58. The standard InChI is InChI=1S/C40H28N8/c1-5-21-41-25(9-1)37-29-13-15-31(45-29)38(26-10-2-6-22-42-26)33-17-19-35(47-33)40(28-12-4-8-24-44-28)36-20-18-34(48-36)39(27-11-3-7-23-43-27)32-16-14-30(37)46-32/h1-24,45-48H. The van der Waals surface area contributed by atoms with Crippen molar-refractivity contribution < 1.29 is 0 Å². The molecule has 8 aromatic rings. The summed E-state index contributed by atoms with van der Waals surface area (Å²) in [7, 11) is 0. The maximum Gasteiger partial charge on any atom is 0.0743 e.